The highest BCUT2D eigenvalue weighted by Gasteiger charge is 2.17. The number of hydrogen-bond donors (Lipinski definition) is 1. The van der Waals surface area contributed by atoms with Gasteiger partial charge in [0.05, 0.1) is 0 Å². The fourth-order valence-corrected chi connectivity index (χ4v) is 3.38. The molecule has 108 valence electrons. The maximum absolute atomic E-state index is 11.1. The van der Waals surface area contributed by atoms with Crippen molar-refractivity contribution in [3.8, 4) is 0 Å². The van der Waals surface area contributed by atoms with Gasteiger partial charge in [-0.2, -0.15) is 0 Å². The number of hydrogen-bond acceptors (Lipinski definition) is 3. The molecule has 3 atom stereocenters. The number of likely N-dealkylation sites (tertiary alicyclic amines) is 1. The van der Waals surface area contributed by atoms with Gasteiger partial charge in [-0.1, -0.05) is 6.92 Å². The summed E-state index contributed by atoms with van der Waals surface area (Å²) in [6.45, 7) is 8.23. The number of nitrogens with one attached hydrogen (secondary N) is 1. The molecule has 0 aromatic rings. The first kappa shape index (κ1) is 16.1. The van der Waals surface area contributed by atoms with Gasteiger partial charge in [-0.3, -0.25) is 4.21 Å². The Labute approximate surface area is 115 Å². The quantitative estimate of drug-likeness (QED) is 0.771. The zero-order valence-corrected chi connectivity index (χ0v) is 13.1. The van der Waals surface area contributed by atoms with Gasteiger partial charge in [0.1, 0.15) is 0 Å². The highest BCUT2D eigenvalue weighted by molar-refractivity contribution is 7.84. The zero-order valence-electron chi connectivity index (χ0n) is 12.3. The van der Waals surface area contributed by atoms with Crippen LogP contribution in [0.15, 0.2) is 0 Å². The van der Waals surface area contributed by atoms with E-state index in [0.29, 0.717) is 12.1 Å². The van der Waals surface area contributed by atoms with Crippen molar-refractivity contribution in [3.05, 3.63) is 0 Å². The van der Waals surface area contributed by atoms with Crippen molar-refractivity contribution >= 4 is 10.8 Å². The molecule has 1 N–H and O–H groups in total. The SMILES string of the molecule is CCCN1CCCC(NC(C)CCS(C)=O)CC1. The average Bonchev–Trinajstić information content (AvgIpc) is 2.53. The number of rotatable bonds is 7. The first-order valence-corrected chi connectivity index (χ1v) is 9.13. The summed E-state index contributed by atoms with van der Waals surface area (Å²) in [6, 6.07) is 1.16. The molecule has 0 saturated carbocycles. The summed E-state index contributed by atoms with van der Waals surface area (Å²) in [5.41, 5.74) is 0. The van der Waals surface area contributed by atoms with Gasteiger partial charge in [0.25, 0.3) is 0 Å². The van der Waals surface area contributed by atoms with Crippen LogP contribution in [0.3, 0.4) is 0 Å². The summed E-state index contributed by atoms with van der Waals surface area (Å²) in [5.74, 6) is 0.822. The van der Waals surface area contributed by atoms with Gasteiger partial charge >= 0.3 is 0 Å². The van der Waals surface area contributed by atoms with Crippen molar-refractivity contribution in [2.45, 2.75) is 58.0 Å². The maximum atomic E-state index is 11.1. The summed E-state index contributed by atoms with van der Waals surface area (Å²) >= 11 is 0. The Morgan fingerprint density at radius 2 is 2.17 bits per heavy atom. The molecule has 1 saturated heterocycles. The molecule has 1 rings (SSSR count). The van der Waals surface area contributed by atoms with Gasteiger partial charge in [0, 0.05) is 34.9 Å². The minimum Gasteiger partial charge on any atom is -0.311 e. The highest BCUT2D eigenvalue weighted by Crippen LogP contribution is 2.12. The largest absolute Gasteiger partial charge is 0.311 e. The minimum absolute atomic E-state index is 0.497. The van der Waals surface area contributed by atoms with Gasteiger partial charge in [0.2, 0.25) is 0 Å². The molecule has 0 radical (unpaired) electrons. The summed E-state index contributed by atoms with van der Waals surface area (Å²) in [4.78, 5) is 2.59. The predicted octanol–water partition coefficient (Wildman–Crippen LogP) is 2.00. The van der Waals surface area contributed by atoms with Crippen molar-refractivity contribution in [2.75, 3.05) is 31.6 Å². The van der Waals surface area contributed by atoms with Gasteiger partial charge in [-0.25, -0.2) is 0 Å². The van der Waals surface area contributed by atoms with Gasteiger partial charge in [-0.15, -0.1) is 0 Å². The first-order valence-electron chi connectivity index (χ1n) is 7.40. The van der Waals surface area contributed by atoms with Crippen molar-refractivity contribution in [1.29, 1.82) is 0 Å². The maximum Gasteiger partial charge on any atom is 0.0246 e. The molecule has 4 heteroatoms. The second-order valence-electron chi connectivity index (χ2n) is 5.60. The Balaban J connectivity index is 2.23. The van der Waals surface area contributed by atoms with Crippen LogP contribution in [0.1, 0.15) is 46.0 Å². The molecule has 0 aromatic heterocycles. The van der Waals surface area contributed by atoms with E-state index in [1.807, 2.05) is 0 Å². The highest BCUT2D eigenvalue weighted by atomic mass is 32.2. The Hall–Kier alpha value is 0.0700. The van der Waals surface area contributed by atoms with E-state index in [4.69, 9.17) is 0 Å². The van der Waals surface area contributed by atoms with Crippen LogP contribution in [0.25, 0.3) is 0 Å². The Kier molecular flexibility index (Phi) is 8.11. The molecule has 18 heavy (non-hydrogen) atoms. The lowest BCUT2D eigenvalue weighted by Crippen LogP contribution is -2.38. The van der Waals surface area contributed by atoms with Gasteiger partial charge in [-0.05, 0) is 58.7 Å². The summed E-state index contributed by atoms with van der Waals surface area (Å²) in [5, 5.41) is 3.72. The Morgan fingerprint density at radius 3 is 2.83 bits per heavy atom. The van der Waals surface area contributed by atoms with Crippen LogP contribution in [0, 0.1) is 0 Å². The third-order valence-electron chi connectivity index (χ3n) is 3.72. The fourth-order valence-electron chi connectivity index (χ4n) is 2.69. The van der Waals surface area contributed by atoms with Crippen molar-refractivity contribution < 1.29 is 4.21 Å². The summed E-state index contributed by atoms with van der Waals surface area (Å²) in [6.07, 6.45) is 7.94. The van der Waals surface area contributed by atoms with E-state index < -0.39 is 10.8 Å². The molecule has 0 aromatic carbocycles. The molecule has 0 aliphatic carbocycles. The molecule has 0 amide bonds. The second kappa shape index (κ2) is 9.05. The molecule has 1 aliphatic heterocycles. The van der Waals surface area contributed by atoms with Crippen LogP contribution in [0.5, 0.6) is 0 Å². The molecule has 0 bridgehead atoms. The Bertz CT molecular complexity index is 248. The molecule has 3 unspecified atom stereocenters. The van der Waals surface area contributed by atoms with E-state index in [-0.39, 0.29) is 0 Å². The van der Waals surface area contributed by atoms with Gasteiger partial charge in [0.15, 0.2) is 0 Å². The van der Waals surface area contributed by atoms with Crippen LogP contribution < -0.4 is 5.32 Å². The lowest BCUT2D eigenvalue weighted by Gasteiger charge is -2.22. The van der Waals surface area contributed by atoms with Crippen molar-refractivity contribution in [3.63, 3.8) is 0 Å². The zero-order chi connectivity index (χ0) is 13.4. The molecule has 1 fully saturated rings. The molecule has 1 heterocycles. The van der Waals surface area contributed by atoms with Crippen LogP contribution in [-0.4, -0.2) is 52.8 Å². The monoisotopic (exact) mass is 274 g/mol. The lowest BCUT2D eigenvalue weighted by atomic mass is 10.1. The topological polar surface area (TPSA) is 32.3 Å². The van der Waals surface area contributed by atoms with E-state index >= 15 is 0 Å². The van der Waals surface area contributed by atoms with E-state index in [1.165, 1.54) is 45.3 Å². The molecular formula is C14H30N2OS. The average molecular weight is 274 g/mol. The molecule has 3 nitrogen and oxygen atoms in total. The normalized spacial score (nSPS) is 25.6. The smallest absolute Gasteiger partial charge is 0.0246 e. The summed E-state index contributed by atoms with van der Waals surface area (Å²) < 4.78 is 11.1. The van der Waals surface area contributed by atoms with Crippen LogP contribution in [-0.2, 0) is 10.8 Å². The predicted molar refractivity (Wildman–Crippen MR) is 80.5 cm³/mol. The number of nitrogens with zero attached hydrogens (tertiary/aromatic N) is 1. The molecule has 0 spiro atoms. The van der Waals surface area contributed by atoms with E-state index in [9.17, 15) is 4.21 Å². The van der Waals surface area contributed by atoms with E-state index in [2.05, 4.69) is 24.1 Å². The Morgan fingerprint density at radius 1 is 1.39 bits per heavy atom. The molecular weight excluding hydrogens is 244 g/mol. The summed E-state index contributed by atoms with van der Waals surface area (Å²) in [7, 11) is -0.653. The van der Waals surface area contributed by atoms with Crippen molar-refractivity contribution in [1.82, 2.24) is 10.2 Å². The van der Waals surface area contributed by atoms with Crippen LogP contribution in [0.2, 0.25) is 0 Å². The van der Waals surface area contributed by atoms with Crippen LogP contribution in [0.4, 0.5) is 0 Å². The molecule has 1 aliphatic rings. The van der Waals surface area contributed by atoms with E-state index in [1.54, 1.807) is 6.26 Å². The lowest BCUT2D eigenvalue weighted by molar-refractivity contribution is 0.281. The van der Waals surface area contributed by atoms with E-state index in [0.717, 1.165) is 12.2 Å². The van der Waals surface area contributed by atoms with Crippen molar-refractivity contribution in [2.24, 2.45) is 0 Å². The second-order valence-corrected chi connectivity index (χ2v) is 7.16. The van der Waals surface area contributed by atoms with Gasteiger partial charge < -0.3 is 10.2 Å². The fraction of sp³-hybridized carbons (Fsp3) is 1.00. The third-order valence-corrected chi connectivity index (χ3v) is 4.53. The third kappa shape index (κ3) is 6.86. The standard InChI is InChI=1S/C14H30N2OS/c1-4-9-16-10-5-6-14(7-11-16)15-13(2)8-12-18(3)17/h13-15H,4-12H2,1-3H3. The van der Waals surface area contributed by atoms with Crippen LogP contribution >= 0.6 is 0 Å². The minimum atomic E-state index is -0.653. The first-order chi connectivity index (χ1) is 8.61.